The Morgan fingerprint density at radius 1 is 1.18 bits per heavy atom. The number of hydrogen-bond acceptors (Lipinski definition) is 4. The number of benzene rings is 1. The van der Waals surface area contributed by atoms with Crippen molar-refractivity contribution in [2.45, 2.75) is 6.92 Å². The van der Waals surface area contributed by atoms with Crippen LogP contribution < -0.4 is 5.73 Å². The molecule has 2 aromatic heterocycles. The van der Waals surface area contributed by atoms with Gasteiger partial charge in [-0.25, -0.2) is 14.6 Å². The SMILES string of the molecule is Cc1c(N)ncnc1-n1ncc2ccccc21. The summed E-state index contributed by atoms with van der Waals surface area (Å²) >= 11 is 0. The summed E-state index contributed by atoms with van der Waals surface area (Å²) in [6, 6.07) is 7.97. The summed E-state index contributed by atoms with van der Waals surface area (Å²) in [5.74, 6) is 1.20. The minimum atomic E-state index is 0.481. The van der Waals surface area contributed by atoms with Crippen LogP contribution in [0.2, 0.25) is 0 Å². The zero-order chi connectivity index (χ0) is 11.8. The summed E-state index contributed by atoms with van der Waals surface area (Å²) in [5, 5.41) is 5.41. The molecule has 0 spiro atoms. The molecule has 0 aliphatic rings. The lowest BCUT2D eigenvalue weighted by molar-refractivity contribution is 0.856. The highest BCUT2D eigenvalue weighted by Crippen LogP contribution is 2.20. The number of nitrogen functional groups attached to an aromatic ring is 1. The number of anilines is 1. The van der Waals surface area contributed by atoms with Gasteiger partial charge in [0.15, 0.2) is 5.82 Å². The van der Waals surface area contributed by atoms with Crippen LogP contribution in [-0.4, -0.2) is 19.7 Å². The van der Waals surface area contributed by atoms with Gasteiger partial charge in [0.05, 0.1) is 11.7 Å². The number of nitrogens with zero attached hydrogens (tertiary/aromatic N) is 4. The molecule has 0 aliphatic heterocycles. The van der Waals surface area contributed by atoms with Crippen LogP contribution in [0.5, 0.6) is 0 Å². The van der Waals surface area contributed by atoms with Gasteiger partial charge in [-0.05, 0) is 13.0 Å². The fourth-order valence-corrected chi connectivity index (χ4v) is 1.81. The smallest absolute Gasteiger partial charge is 0.162 e. The molecule has 0 atom stereocenters. The van der Waals surface area contributed by atoms with Crippen molar-refractivity contribution < 1.29 is 0 Å². The summed E-state index contributed by atoms with van der Waals surface area (Å²) in [5.41, 5.74) is 7.62. The van der Waals surface area contributed by atoms with E-state index in [1.807, 2.05) is 37.4 Å². The Hall–Kier alpha value is -2.43. The Bertz CT molecular complexity index is 686. The van der Waals surface area contributed by atoms with Gasteiger partial charge in [0.1, 0.15) is 12.1 Å². The second kappa shape index (κ2) is 3.55. The first-order chi connectivity index (χ1) is 8.27. The number of nitrogens with two attached hydrogens (primary N) is 1. The van der Waals surface area contributed by atoms with Gasteiger partial charge >= 0.3 is 0 Å². The van der Waals surface area contributed by atoms with E-state index in [4.69, 9.17) is 5.73 Å². The lowest BCUT2D eigenvalue weighted by atomic mass is 10.2. The molecule has 0 unspecified atom stereocenters. The number of fused-ring (bicyclic) bond motifs is 1. The Morgan fingerprint density at radius 3 is 2.88 bits per heavy atom. The second-order valence-corrected chi connectivity index (χ2v) is 3.82. The summed E-state index contributed by atoms with van der Waals surface area (Å²) < 4.78 is 1.78. The van der Waals surface area contributed by atoms with E-state index in [9.17, 15) is 0 Å². The van der Waals surface area contributed by atoms with Gasteiger partial charge in [0.2, 0.25) is 0 Å². The Morgan fingerprint density at radius 2 is 2.00 bits per heavy atom. The van der Waals surface area contributed by atoms with E-state index >= 15 is 0 Å². The van der Waals surface area contributed by atoms with Crippen LogP contribution in [0.3, 0.4) is 0 Å². The average Bonchev–Trinajstić information content (AvgIpc) is 2.77. The molecule has 5 heteroatoms. The molecule has 84 valence electrons. The van der Waals surface area contributed by atoms with E-state index in [2.05, 4.69) is 15.1 Å². The van der Waals surface area contributed by atoms with Gasteiger partial charge in [-0.1, -0.05) is 18.2 Å². The normalized spacial score (nSPS) is 10.9. The highest BCUT2D eigenvalue weighted by molar-refractivity contribution is 5.80. The van der Waals surface area contributed by atoms with Crippen LogP contribution in [0.15, 0.2) is 36.8 Å². The molecule has 0 aliphatic carbocycles. The monoisotopic (exact) mass is 225 g/mol. The standard InChI is InChI=1S/C12H11N5/c1-8-11(13)14-7-15-12(8)17-10-5-3-2-4-9(10)6-16-17/h2-7H,1H3,(H2,13,14,15). The quantitative estimate of drug-likeness (QED) is 0.684. The third-order valence-electron chi connectivity index (χ3n) is 2.77. The van der Waals surface area contributed by atoms with Crippen LogP contribution in [-0.2, 0) is 0 Å². The average molecular weight is 225 g/mol. The fraction of sp³-hybridized carbons (Fsp3) is 0.0833. The molecule has 0 fully saturated rings. The molecule has 0 amide bonds. The molecule has 1 aromatic carbocycles. The summed E-state index contributed by atoms with van der Waals surface area (Å²) in [7, 11) is 0. The first-order valence-corrected chi connectivity index (χ1v) is 5.27. The molecule has 17 heavy (non-hydrogen) atoms. The zero-order valence-corrected chi connectivity index (χ0v) is 9.33. The molecule has 5 nitrogen and oxygen atoms in total. The van der Waals surface area contributed by atoms with E-state index < -0.39 is 0 Å². The van der Waals surface area contributed by atoms with E-state index in [0.717, 1.165) is 22.3 Å². The van der Waals surface area contributed by atoms with Crippen LogP contribution >= 0.6 is 0 Å². The molecule has 2 N–H and O–H groups in total. The lowest BCUT2D eigenvalue weighted by Crippen LogP contribution is -2.06. The van der Waals surface area contributed by atoms with E-state index in [1.54, 1.807) is 4.68 Å². The van der Waals surface area contributed by atoms with Crippen molar-refractivity contribution in [1.29, 1.82) is 0 Å². The maximum absolute atomic E-state index is 5.78. The van der Waals surface area contributed by atoms with E-state index in [-0.39, 0.29) is 0 Å². The molecule has 2 heterocycles. The predicted octanol–water partition coefficient (Wildman–Crippen LogP) is 1.71. The zero-order valence-electron chi connectivity index (χ0n) is 9.33. The number of rotatable bonds is 1. The molecule has 3 aromatic rings. The van der Waals surface area contributed by atoms with Crippen molar-refractivity contribution in [3.63, 3.8) is 0 Å². The first kappa shape index (κ1) is 9.77. The second-order valence-electron chi connectivity index (χ2n) is 3.82. The Labute approximate surface area is 97.9 Å². The Kier molecular flexibility index (Phi) is 2.04. The van der Waals surface area contributed by atoms with E-state index in [0.29, 0.717) is 5.82 Å². The van der Waals surface area contributed by atoms with Crippen LogP contribution in [0.25, 0.3) is 16.7 Å². The number of aromatic nitrogens is 4. The molecule has 0 radical (unpaired) electrons. The number of hydrogen-bond donors (Lipinski definition) is 1. The highest BCUT2D eigenvalue weighted by atomic mass is 15.3. The molecule has 0 saturated carbocycles. The van der Waals surface area contributed by atoms with Crippen molar-refractivity contribution in [3.8, 4) is 5.82 Å². The fourth-order valence-electron chi connectivity index (χ4n) is 1.81. The Balaban J connectivity index is 2.31. The molecule has 0 bridgehead atoms. The highest BCUT2D eigenvalue weighted by Gasteiger charge is 2.10. The van der Waals surface area contributed by atoms with Crippen molar-refractivity contribution in [3.05, 3.63) is 42.4 Å². The maximum atomic E-state index is 5.78. The molecular weight excluding hydrogens is 214 g/mol. The maximum Gasteiger partial charge on any atom is 0.162 e. The first-order valence-electron chi connectivity index (χ1n) is 5.27. The molecule has 3 rings (SSSR count). The molecular formula is C12H11N5. The van der Waals surface area contributed by atoms with Crippen molar-refractivity contribution in [2.24, 2.45) is 0 Å². The van der Waals surface area contributed by atoms with Crippen molar-refractivity contribution >= 4 is 16.7 Å². The minimum absolute atomic E-state index is 0.481. The minimum Gasteiger partial charge on any atom is -0.383 e. The van der Waals surface area contributed by atoms with E-state index in [1.165, 1.54) is 6.33 Å². The topological polar surface area (TPSA) is 69.6 Å². The predicted molar refractivity (Wildman–Crippen MR) is 65.8 cm³/mol. The van der Waals surface area contributed by atoms with Crippen molar-refractivity contribution in [2.75, 3.05) is 5.73 Å². The largest absolute Gasteiger partial charge is 0.383 e. The van der Waals surface area contributed by atoms with Crippen molar-refractivity contribution in [1.82, 2.24) is 19.7 Å². The van der Waals surface area contributed by atoms with Gasteiger partial charge < -0.3 is 5.73 Å². The third-order valence-corrected chi connectivity index (χ3v) is 2.77. The number of para-hydroxylation sites is 1. The third kappa shape index (κ3) is 1.44. The summed E-state index contributed by atoms with van der Waals surface area (Å²) in [6.45, 7) is 1.89. The van der Waals surface area contributed by atoms with Crippen LogP contribution in [0.4, 0.5) is 5.82 Å². The summed E-state index contributed by atoms with van der Waals surface area (Å²) in [6.07, 6.45) is 3.27. The van der Waals surface area contributed by atoms with Gasteiger partial charge in [-0.2, -0.15) is 5.10 Å². The summed E-state index contributed by atoms with van der Waals surface area (Å²) in [4.78, 5) is 8.20. The van der Waals surface area contributed by atoms with Crippen LogP contribution in [0.1, 0.15) is 5.56 Å². The molecule has 0 saturated heterocycles. The van der Waals surface area contributed by atoms with Gasteiger partial charge in [-0.3, -0.25) is 0 Å². The van der Waals surface area contributed by atoms with Gasteiger partial charge in [0, 0.05) is 10.9 Å². The lowest BCUT2D eigenvalue weighted by Gasteiger charge is -2.07. The van der Waals surface area contributed by atoms with Gasteiger partial charge in [0.25, 0.3) is 0 Å². The van der Waals surface area contributed by atoms with Gasteiger partial charge in [-0.15, -0.1) is 0 Å². The van der Waals surface area contributed by atoms with Crippen LogP contribution in [0, 0.1) is 6.92 Å².